The van der Waals surface area contributed by atoms with Crippen LogP contribution >= 0.6 is 23.4 Å². The van der Waals surface area contributed by atoms with Gasteiger partial charge in [-0.15, -0.1) is 11.8 Å². The summed E-state index contributed by atoms with van der Waals surface area (Å²) in [5.41, 5.74) is 0.437. The summed E-state index contributed by atoms with van der Waals surface area (Å²) >= 11 is 7.42. The Bertz CT molecular complexity index is 873. The molecule has 1 aliphatic rings. The third kappa shape index (κ3) is 5.32. The van der Waals surface area contributed by atoms with Gasteiger partial charge in [0.25, 0.3) is 0 Å². The fourth-order valence-corrected chi connectivity index (χ4v) is 3.28. The number of thioether (sulfide) groups is 1. The van der Waals surface area contributed by atoms with Crippen molar-refractivity contribution in [3.05, 3.63) is 29.0 Å². The molecule has 0 aliphatic carbocycles. The molecule has 0 bridgehead atoms. The molecule has 0 saturated heterocycles. The molecule has 28 heavy (non-hydrogen) atoms. The highest BCUT2D eigenvalue weighted by Gasteiger charge is 2.19. The molecule has 1 aromatic heterocycles. The predicted octanol–water partition coefficient (Wildman–Crippen LogP) is 3.50. The van der Waals surface area contributed by atoms with Gasteiger partial charge in [0.2, 0.25) is 11.8 Å². The number of fused-ring (bicyclic) bond motifs is 1. The highest BCUT2D eigenvalue weighted by molar-refractivity contribution is 8.01. The molecule has 0 saturated carbocycles. The van der Waals surface area contributed by atoms with E-state index in [4.69, 9.17) is 25.6 Å². The number of carbonyl (C=O) groups excluding carboxylic acids is 2. The van der Waals surface area contributed by atoms with E-state index in [2.05, 4.69) is 15.8 Å². The van der Waals surface area contributed by atoms with E-state index in [1.807, 2.05) is 0 Å². The number of aryl methyl sites for hydroxylation is 1. The number of anilines is 2. The van der Waals surface area contributed by atoms with Gasteiger partial charge in [-0.2, -0.15) is 0 Å². The second kappa shape index (κ2) is 9.20. The Morgan fingerprint density at radius 2 is 1.93 bits per heavy atom. The van der Waals surface area contributed by atoms with Crippen LogP contribution in [0.3, 0.4) is 0 Å². The van der Waals surface area contributed by atoms with Crippen LogP contribution in [-0.2, 0) is 9.59 Å². The van der Waals surface area contributed by atoms with Crippen molar-refractivity contribution in [1.29, 1.82) is 0 Å². The highest BCUT2D eigenvalue weighted by Crippen LogP contribution is 2.37. The molecule has 1 aromatic carbocycles. The molecule has 2 N–H and O–H groups in total. The van der Waals surface area contributed by atoms with Crippen LogP contribution in [-0.4, -0.2) is 41.2 Å². The molecule has 0 spiro atoms. The molecular formula is C18H20ClN3O5S. The predicted molar refractivity (Wildman–Crippen MR) is 107 cm³/mol. The summed E-state index contributed by atoms with van der Waals surface area (Å²) in [5, 5.41) is 8.99. The summed E-state index contributed by atoms with van der Waals surface area (Å²) < 4.78 is 16.1. The molecule has 2 amide bonds. The van der Waals surface area contributed by atoms with E-state index in [0.29, 0.717) is 47.0 Å². The molecular weight excluding hydrogens is 406 g/mol. The first kappa shape index (κ1) is 20.3. The van der Waals surface area contributed by atoms with E-state index >= 15 is 0 Å². The Morgan fingerprint density at radius 1 is 1.21 bits per heavy atom. The minimum atomic E-state index is -0.456. The van der Waals surface area contributed by atoms with E-state index in [1.54, 1.807) is 32.0 Å². The summed E-state index contributed by atoms with van der Waals surface area (Å²) in [6.07, 6.45) is 0.776. The Kier molecular flexibility index (Phi) is 6.69. The average molecular weight is 426 g/mol. The lowest BCUT2D eigenvalue weighted by molar-refractivity contribution is -0.115. The lowest BCUT2D eigenvalue weighted by Gasteiger charge is -2.13. The van der Waals surface area contributed by atoms with E-state index in [1.165, 1.54) is 11.8 Å². The molecule has 3 rings (SSSR count). The second-order valence-electron chi connectivity index (χ2n) is 6.14. The normalized spacial score (nSPS) is 14.1. The first-order valence-corrected chi connectivity index (χ1v) is 10.1. The van der Waals surface area contributed by atoms with Crippen molar-refractivity contribution in [2.45, 2.75) is 25.5 Å². The van der Waals surface area contributed by atoms with Gasteiger partial charge in [-0.3, -0.25) is 9.59 Å². The van der Waals surface area contributed by atoms with Crippen LogP contribution in [0.5, 0.6) is 11.5 Å². The number of nitrogens with zero attached hydrogens (tertiary/aromatic N) is 1. The molecule has 2 heterocycles. The maximum absolute atomic E-state index is 12.3. The number of carbonyl (C=O) groups is 2. The van der Waals surface area contributed by atoms with Gasteiger partial charge < -0.3 is 24.6 Å². The van der Waals surface area contributed by atoms with Crippen LogP contribution in [0.4, 0.5) is 11.5 Å². The molecule has 10 heteroatoms. The smallest absolute Gasteiger partial charge is 0.238 e. The molecule has 1 unspecified atom stereocenters. The highest BCUT2D eigenvalue weighted by atomic mass is 35.5. The van der Waals surface area contributed by atoms with Gasteiger partial charge in [-0.1, -0.05) is 16.8 Å². The third-order valence-corrected chi connectivity index (χ3v) is 5.28. The van der Waals surface area contributed by atoms with Crippen LogP contribution in [0.25, 0.3) is 0 Å². The number of halogens is 1. The lowest BCUT2D eigenvalue weighted by Crippen LogP contribution is -2.25. The first-order chi connectivity index (χ1) is 13.4. The zero-order valence-electron chi connectivity index (χ0n) is 15.4. The van der Waals surface area contributed by atoms with Crippen LogP contribution in [0, 0.1) is 6.92 Å². The monoisotopic (exact) mass is 425 g/mol. The molecule has 1 atom stereocenters. The lowest BCUT2D eigenvalue weighted by atomic mass is 10.2. The topological polar surface area (TPSA) is 103 Å². The Hall–Kier alpha value is -2.39. The van der Waals surface area contributed by atoms with Crippen molar-refractivity contribution >= 4 is 46.7 Å². The van der Waals surface area contributed by atoms with Crippen molar-refractivity contribution in [2.75, 3.05) is 29.6 Å². The number of nitrogens with one attached hydrogen (secondary N) is 2. The molecule has 1 aliphatic heterocycles. The largest absolute Gasteiger partial charge is 0.490 e. The van der Waals surface area contributed by atoms with Gasteiger partial charge in [0, 0.05) is 24.6 Å². The van der Waals surface area contributed by atoms with Crippen LogP contribution in [0.15, 0.2) is 22.7 Å². The summed E-state index contributed by atoms with van der Waals surface area (Å²) in [6.45, 7) is 4.53. The van der Waals surface area contributed by atoms with E-state index in [0.717, 1.165) is 6.42 Å². The maximum atomic E-state index is 12.3. The molecule has 2 aromatic rings. The summed E-state index contributed by atoms with van der Waals surface area (Å²) in [7, 11) is 0. The van der Waals surface area contributed by atoms with Crippen LogP contribution in [0.1, 0.15) is 19.1 Å². The quantitative estimate of drug-likeness (QED) is 0.730. The number of aromatic nitrogens is 1. The second-order valence-corrected chi connectivity index (χ2v) is 7.88. The number of rotatable bonds is 6. The standard InChI is InChI=1S/C18H20ClN3O5S/c1-10-6-16(22-27-10)21-18(24)11(2)28-9-17(23)20-13-8-15-14(7-12(13)19)25-4-3-5-26-15/h6-8,11H,3-5,9H2,1-2H3,(H,20,23)(H,21,22,24). The van der Waals surface area contributed by atoms with Gasteiger partial charge in [0.05, 0.1) is 34.9 Å². The van der Waals surface area contributed by atoms with E-state index < -0.39 is 5.25 Å². The third-order valence-electron chi connectivity index (χ3n) is 3.82. The molecule has 0 fully saturated rings. The van der Waals surface area contributed by atoms with Crippen molar-refractivity contribution in [2.24, 2.45) is 0 Å². The number of amides is 2. The van der Waals surface area contributed by atoms with Crippen LogP contribution < -0.4 is 20.1 Å². The van der Waals surface area contributed by atoms with Crippen molar-refractivity contribution < 1.29 is 23.6 Å². The summed E-state index contributed by atoms with van der Waals surface area (Å²) in [6, 6.07) is 4.89. The zero-order chi connectivity index (χ0) is 20.1. The first-order valence-electron chi connectivity index (χ1n) is 8.67. The molecule has 150 valence electrons. The number of hydrogen-bond donors (Lipinski definition) is 2. The maximum Gasteiger partial charge on any atom is 0.238 e. The summed E-state index contributed by atoms with van der Waals surface area (Å²) in [4.78, 5) is 24.4. The average Bonchev–Trinajstić information content (AvgIpc) is 2.93. The van der Waals surface area contributed by atoms with Crippen molar-refractivity contribution in [1.82, 2.24) is 5.16 Å². The fraction of sp³-hybridized carbons (Fsp3) is 0.389. The SMILES string of the molecule is Cc1cc(NC(=O)C(C)SCC(=O)Nc2cc3c(cc2Cl)OCCCO3)no1. The van der Waals surface area contributed by atoms with Gasteiger partial charge in [0.1, 0.15) is 5.76 Å². The Labute approximate surface area is 171 Å². The number of benzene rings is 1. The molecule has 8 nitrogen and oxygen atoms in total. The van der Waals surface area contributed by atoms with Gasteiger partial charge in [0.15, 0.2) is 17.3 Å². The minimum absolute atomic E-state index is 0.0806. The number of hydrogen-bond acceptors (Lipinski definition) is 7. The van der Waals surface area contributed by atoms with Crippen molar-refractivity contribution in [3.8, 4) is 11.5 Å². The number of ether oxygens (including phenoxy) is 2. The van der Waals surface area contributed by atoms with E-state index in [-0.39, 0.29) is 17.6 Å². The van der Waals surface area contributed by atoms with E-state index in [9.17, 15) is 9.59 Å². The van der Waals surface area contributed by atoms with Gasteiger partial charge in [-0.25, -0.2) is 0 Å². The molecule has 0 radical (unpaired) electrons. The summed E-state index contributed by atoms with van der Waals surface area (Å²) in [5.74, 6) is 1.58. The Morgan fingerprint density at radius 3 is 2.61 bits per heavy atom. The minimum Gasteiger partial charge on any atom is -0.490 e. The van der Waals surface area contributed by atoms with Crippen LogP contribution in [0.2, 0.25) is 5.02 Å². The van der Waals surface area contributed by atoms with Gasteiger partial charge >= 0.3 is 0 Å². The van der Waals surface area contributed by atoms with Crippen molar-refractivity contribution in [3.63, 3.8) is 0 Å². The Balaban J connectivity index is 1.52. The zero-order valence-corrected chi connectivity index (χ0v) is 17.0. The van der Waals surface area contributed by atoms with Gasteiger partial charge in [-0.05, 0) is 13.8 Å². The fourth-order valence-electron chi connectivity index (χ4n) is 2.40.